The highest BCUT2D eigenvalue weighted by atomic mass is 16.3. The molecule has 106 valence electrons. The van der Waals surface area contributed by atoms with Crippen LogP contribution in [0.25, 0.3) is 0 Å². The number of piperidine rings is 1. The molecule has 0 spiro atoms. The van der Waals surface area contributed by atoms with Crippen molar-refractivity contribution >= 4 is 5.91 Å². The van der Waals surface area contributed by atoms with Crippen molar-refractivity contribution in [3.63, 3.8) is 0 Å². The Kier molecular flexibility index (Phi) is 6.05. The van der Waals surface area contributed by atoms with Crippen molar-refractivity contribution in [3.05, 3.63) is 0 Å². The van der Waals surface area contributed by atoms with E-state index < -0.39 is 6.10 Å². The highest BCUT2D eigenvalue weighted by molar-refractivity contribution is 5.78. The minimum absolute atomic E-state index is 0.0174. The van der Waals surface area contributed by atoms with Gasteiger partial charge in [0, 0.05) is 37.5 Å². The zero-order chi connectivity index (χ0) is 13.7. The maximum atomic E-state index is 12.1. The van der Waals surface area contributed by atoms with Gasteiger partial charge < -0.3 is 20.4 Å². The number of nitrogens with zero attached hydrogens (tertiary/aromatic N) is 1. The van der Waals surface area contributed by atoms with Crippen LogP contribution in [0.15, 0.2) is 0 Å². The average Bonchev–Trinajstić information content (AvgIpc) is 2.34. The number of rotatable bonds is 5. The maximum absolute atomic E-state index is 12.1. The number of hydrogen-bond acceptors (Lipinski definition) is 4. The summed E-state index contributed by atoms with van der Waals surface area (Å²) in [5, 5.41) is 21.8. The summed E-state index contributed by atoms with van der Waals surface area (Å²) in [7, 11) is 0. The standard InChI is InChI=1S/C13H26N2O3/c1-9(2)13(18)15-7-11(10(3)17)6-12(8-15)14-4-5-16/h9-12,14,16-17H,4-8H2,1-3H3. The fourth-order valence-corrected chi connectivity index (χ4v) is 2.45. The van der Waals surface area contributed by atoms with Gasteiger partial charge in [0.25, 0.3) is 0 Å². The van der Waals surface area contributed by atoms with E-state index in [4.69, 9.17) is 5.11 Å². The molecule has 0 aliphatic carbocycles. The molecule has 3 unspecified atom stereocenters. The molecule has 1 amide bonds. The average molecular weight is 258 g/mol. The summed E-state index contributed by atoms with van der Waals surface area (Å²) in [6.45, 7) is 7.48. The van der Waals surface area contributed by atoms with Crippen LogP contribution in [0.1, 0.15) is 27.2 Å². The topological polar surface area (TPSA) is 72.8 Å². The second-order valence-electron chi connectivity index (χ2n) is 5.51. The van der Waals surface area contributed by atoms with Crippen LogP contribution in [0.2, 0.25) is 0 Å². The Morgan fingerprint density at radius 2 is 2.06 bits per heavy atom. The lowest BCUT2D eigenvalue weighted by atomic mass is 9.89. The van der Waals surface area contributed by atoms with Crippen molar-refractivity contribution < 1.29 is 15.0 Å². The summed E-state index contributed by atoms with van der Waals surface area (Å²) in [5.41, 5.74) is 0. The lowest BCUT2D eigenvalue weighted by Gasteiger charge is -2.40. The molecule has 1 rings (SSSR count). The molecule has 18 heavy (non-hydrogen) atoms. The lowest BCUT2D eigenvalue weighted by Crippen LogP contribution is -2.54. The molecule has 0 bridgehead atoms. The molecular weight excluding hydrogens is 232 g/mol. The Labute approximate surface area is 109 Å². The van der Waals surface area contributed by atoms with E-state index in [9.17, 15) is 9.90 Å². The maximum Gasteiger partial charge on any atom is 0.225 e. The number of aliphatic hydroxyl groups excluding tert-OH is 2. The van der Waals surface area contributed by atoms with Gasteiger partial charge in [0.1, 0.15) is 0 Å². The van der Waals surface area contributed by atoms with Gasteiger partial charge >= 0.3 is 0 Å². The molecule has 3 atom stereocenters. The first kappa shape index (κ1) is 15.4. The summed E-state index contributed by atoms with van der Waals surface area (Å²) in [4.78, 5) is 13.9. The SMILES string of the molecule is CC(C)C(=O)N1CC(NCCO)CC(C(C)O)C1. The summed E-state index contributed by atoms with van der Waals surface area (Å²) >= 11 is 0. The molecular formula is C13H26N2O3. The Balaban J connectivity index is 2.64. The first-order valence-corrected chi connectivity index (χ1v) is 6.76. The number of carbonyl (C=O) groups excluding carboxylic acids is 1. The summed E-state index contributed by atoms with van der Waals surface area (Å²) < 4.78 is 0. The first-order valence-electron chi connectivity index (χ1n) is 6.76. The molecule has 1 aliphatic rings. The number of amides is 1. The largest absolute Gasteiger partial charge is 0.395 e. The second-order valence-corrected chi connectivity index (χ2v) is 5.51. The smallest absolute Gasteiger partial charge is 0.225 e. The molecule has 5 nitrogen and oxygen atoms in total. The summed E-state index contributed by atoms with van der Waals surface area (Å²) in [6.07, 6.45) is 0.436. The Bertz CT molecular complexity index is 269. The quantitative estimate of drug-likeness (QED) is 0.640. The van der Waals surface area contributed by atoms with Gasteiger partial charge in [0.15, 0.2) is 0 Å². The van der Waals surface area contributed by atoms with Crippen LogP contribution in [-0.4, -0.2) is 59.4 Å². The summed E-state index contributed by atoms with van der Waals surface area (Å²) in [6, 6.07) is 0.160. The highest BCUT2D eigenvalue weighted by Gasteiger charge is 2.32. The van der Waals surface area contributed by atoms with E-state index in [2.05, 4.69) is 5.32 Å². The fourth-order valence-electron chi connectivity index (χ4n) is 2.45. The van der Waals surface area contributed by atoms with Crippen molar-refractivity contribution in [2.75, 3.05) is 26.2 Å². The van der Waals surface area contributed by atoms with E-state index in [-0.39, 0.29) is 30.4 Å². The van der Waals surface area contributed by atoms with Crippen molar-refractivity contribution in [1.29, 1.82) is 0 Å². The molecule has 1 saturated heterocycles. The van der Waals surface area contributed by atoms with E-state index >= 15 is 0 Å². The van der Waals surface area contributed by atoms with E-state index in [0.29, 0.717) is 19.6 Å². The van der Waals surface area contributed by atoms with Crippen LogP contribution in [0.3, 0.4) is 0 Å². The predicted molar refractivity (Wildman–Crippen MR) is 70.1 cm³/mol. The van der Waals surface area contributed by atoms with E-state index in [0.717, 1.165) is 6.42 Å². The van der Waals surface area contributed by atoms with Crippen LogP contribution < -0.4 is 5.32 Å². The minimum atomic E-state index is -0.411. The number of nitrogens with one attached hydrogen (secondary N) is 1. The van der Waals surface area contributed by atoms with Crippen LogP contribution >= 0.6 is 0 Å². The fraction of sp³-hybridized carbons (Fsp3) is 0.923. The second kappa shape index (κ2) is 7.07. The minimum Gasteiger partial charge on any atom is -0.395 e. The van der Waals surface area contributed by atoms with Gasteiger partial charge in [-0.3, -0.25) is 4.79 Å². The van der Waals surface area contributed by atoms with Gasteiger partial charge in [-0.1, -0.05) is 13.8 Å². The van der Waals surface area contributed by atoms with E-state index in [1.807, 2.05) is 18.7 Å². The summed E-state index contributed by atoms with van der Waals surface area (Å²) in [5.74, 6) is 0.227. The molecule has 1 aliphatic heterocycles. The molecule has 3 N–H and O–H groups in total. The van der Waals surface area contributed by atoms with Gasteiger partial charge in [0.05, 0.1) is 12.7 Å². The first-order chi connectivity index (χ1) is 8.45. The van der Waals surface area contributed by atoms with Crippen molar-refractivity contribution in [3.8, 4) is 0 Å². The van der Waals surface area contributed by atoms with Crippen molar-refractivity contribution in [2.45, 2.75) is 39.3 Å². The normalized spacial score (nSPS) is 26.4. The third-order valence-electron chi connectivity index (χ3n) is 3.52. The lowest BCUT2D eigenvalue weighted by molar-refractivity contribution is -0.137. The third kappa shape index (κ3) is 4.23. The molecule has 0 saturated carbocycles. The number of hydrogen-bond donors (Lipinski definition) is 3. The monoisotopic (exact) mass is 258 g/mol. The number of likely N-dealkylation sites (tertiary alicyclic amines) is 1. The van der Waals surface area contributed by atoms with Gasteiger partial charge in [-0.15, -0.1) is 0 Å². The predicted octanol–water partition coefficient (Wildman–Crippen LogP) is -0.178. The molecule has 0 radical (unpaired) electrons. The van der Waals surface area contributed by atoms with Gasteiger partial charge in [0.2, 0.25) is 5.91 Å². The molecule has 5 heteroatoms. The van der Waals surface area contributed by atoms with Crippen molar-refractivity contribution in [2.24, 2.45) is 11.8 Å². The number of carbonyl (C=O) groups is 1. The van der Waals surface area contributed by atoms with Crippen LogP contribution in [0, 0.1) is 11.8 Å². The van der Waals surface area contributed by atoms with Gasteiger partial charge in [-0.2, -0.15) is 0 Å². The van der Waals surface area contributed by atoms with Gasteiger partial charge in [-0.05, 0) is 13.3 Å². The molecule has 0 aromatic heterocycles. The molecule has 0 aromatic rings. The zero-order valence-electron chi connectivity index (χ0n) is 11.6. The zero-order valence-corrected chi connectivity index (χ0v) is 11.6. The van der Waals surface area contributed by atoms with Crippen molar-refractivity contribution in [1.82, 2.24) is 10.2 Å². The highest BCUT2D eigenvalue weighted by Crippen LogP contribution is 2.21. The Hall–Kier alpha value is -0.650. The van der Waals surface area contributed by atoms with Crippen LogP contribution in [0.5, 0.6) is 0 Å². The Morgan fingerprint density at radius 1 is 1.39 bits per heavy atom. The van der Waals surface area contributed by atoms with E-state index in [1.165, 1.54) is 0 Å². The van der Waals surface area contributed by atoms with Crippen LogP contribution in [0.4, 0.5) is 0 Å². The third-order valence-corrected chi connectivity index (χ3v) is 3.52. The molecule has 0 aromatic carbocycles. The molecule has 1 fully saturated rings. The van der Waals surface area contributed by atoms with Gasteiger partial charge in [-0.25, -0.2) is 0 Å². The molecule has 1 heterocycles. The Morgan fingerprint density at radius 3 is 2.56 bits per heavy atom. The van der Waals surface area contributed by atoms with E-state index in [1.54, 1.807) is 6.92 Å². The number of aliphatic hydroxyl groups is 2. The van der Waals surface area contributed by atoms with Crippen LogP contribution in [-0.2, 0) is 4.79 Å².